The van der Waals surface area contributed by atoms with Gasteiger partial charge in [-0.15, -0.1) is 10.2 Å². The molecular formula is C16H14N4O. The lowest BCUT2D eigenvalue weighted by Crippen LogP contribution is -1.99. The Bertz CT molecular complexity index is 860. The fraction of sp³-hybridized carbons (Fsp3) is 0.188. The summed E-state index contributed by atoms with van der Waals surface area (Å²) in [6.07, 6.45) is 6.40. The molecule has 0 aliphatic heterocycles. The number of pyridine rings is 1. The quantitative estimate of drug-likeness (QED) is 0.714. The molecule has 1 aliphatic carbocycles. The van der Waals surface area contributed by atoms with Gasteiger partial charge in [0, 0.05) is 28.7 Å². The molecule has 2 heterocycles. The highest BCUT2D eigenvalue weighted by Gasteiger charge is 2.20. The van der Waals surface area contributed by atoms with Crippen LogP contribution in [0.1, 0.15) is 17.5 Å². The van der Waals surface area contributed by atoms with Crippen LogP contribution in [0.2, 0.25) is 0 Å². The van der Waals surface area contributed by atoms with Crippen LogP contribution in [-0.4, -0.2) is 20.3 Å². The number of anilines is 1. The van der Waals surface area contributed by atoms with E-state index in [0.29, 0.717) is 22.8 Å². The van der Waals surface area contributed by atoms with Gasteiger partial charge in [-0.3, -0.25) is 4.98 Å². The molecule has 0 amide bonds. The molecule has 0 bridgehead atoms. The minimum absolute atomic E-state index is 0.321. The second-order valence-electron chi connectivity index (χ2n) is 5.31. The topological polar surface area (TPSA) is 84.9 Å². The molecule has 3 aromatic rings. The number of aromatic nitrogens is 3. The van der Waals surface area contributed by atoms with Crippen molar-refractivity contribution in [3.63, 3.8) is 0 Å². The molecule has 104 valence electrons. The average molecular weight is 278 g/mol. The molecule has 1 aliphatic rings. The fourth-order valence-corrected chi connectivity index (χ4v) is 3.05. The average Bonchev–Trinajstić information content (AvgIpc) is 2.99. The molecule has 21 heavy (non-hydrogen) atoms. The van der Waals surface area contributed by atoms with E-state index in [-0.39, 0.29) is 0 Å². The molecule has 0 saturated carbocycles. The summed E-state index contributed by atoms with van der Waals surface area (Å²) in [6, 6.07) is 5.84. The van der Waals surface area contributed by atoms with Gasteiger partial charge in [0.05, 0.1) is 0 Å². The van der Waals surface area contributed by atoms with Crippen LogP contribution in [0.15, 0.2) is 30.6 Å². The van der Waals surface area contributed by atoms with Crippen LogP contribution in [0.5, 0.6) is 5.75 Å². The lowest BCUT2D eigenvalue weighted by molar-refractivity contribution is 0.471. The van der Waals surface area contributed by atoms with E-state index in [2.05, 4.69) is 21.2 Å². The van der Waals surface area contributed by atoms with Gasteiger partial charge >= 0.3 is 0 Å². The van der Waals surface area contributed by atoms with E-state index in [0.717, 1.165) is 35.6 Å². The van der Waals surface area contributed by atoms with Crippen LogP contribution in [0.3, 0.4) is 0 Å². The second kappa shape index (κ2) is 4.41. The van der Waals surface area contributed by atoms with Gasteiger partial charge in [-0.25, -0.2) is 0 Å². The predicted octanol–water partition coefficient (Wildman–Crippen LogP) is 2.47. The third-order valence-electron chi connectivity index (χ3n) is 4.12. The van der Waals surface area contributed by atoms with Crippen LogP contribution in [0, 0.1) is 0 Å². The van der Waals surface area contributed by atoms with Gasteiger partial charge in [-0.2, -0.15) is 0 Å². The van der Waals surface area contributed by atoms with Gasteiger partial charge in [0.1, 0.15) is 11.4 Å². The Morgan fingerprint density at radius 3 is 2.86 bits per heavy atom. The largest absolute Gasteiger partial charge is 0.507 e. The summed E-state index contributed by atoms with van der Waals surface area (Å²) < 4.78 is 0. The number of fused-ring (bicyclic) bond motifs is 2. The molecule has 1 aromatic carbocycles. The lowest BCUT2D eigenvalue weighted by Gasteiger charge is -2.11. The minimum Gasteiger partial charge on any atom is -0.507 e. The lowest BCUT2D eigenvalue weighted by atomic mass is 9.99. The first kappa shape index (κ1) is 12.1. The maximum absolute atomic E-state index is 10.6. The highest BCUT2D eigenvalue weighted by Crippen LogP contribution is 2.39. The van der Waals surface area contributed by atoms with Crippen LogP contribution in [0.25, 0.3) is 22.0 Å². The third-order valence-corrected chi connectivity index (χ3v) is 4.12. The van der Waals surface area contributed by atoms with Crippen molar-refractivity contribution in [2.45, 2.75) is 19.3 Å². The van der Waals surface area contributed by atoms with Crippen LogP contribution in [-0.2, 0) is 12.8 Å². The Balaban J connectivity index is 2.02. The maximum atomic E-state index is 10.6. The SMILES string of the molecule is Nc1nnc(-c2ccc3c(c2O)CCC3)c2ccncc12. The maximum Gasteiger partial charge on any atom is 0.155 e. The Morgan fingerprint density at radius 1 is 1.05 bits per heavy atom. The number of rotatable bonds is 1. The summed E-state index contributed by atoms with van der Waals surface area (Å²) in [5.41, 5.74) is 9.47. The zero-order valence-electron chi connectivity index (χ0n) is 11.4. The van der Waals surface area contributed by atoms with Gasteiger partial charge in [0.25, 0.3) is 0 Å². The van der Waals surface area contributed by atoms with Crippen molar-refractivity contribution in [2.24, 2.45) is 0 Å². The number of nitrogens with zero attached hydrogens (tertiary/aromatic N) is 3. The second-order valence-corrected chi connectivity index (χ2v) is 5.31. The minimum atomic E-state index is 0.321. The Labute approximate surface area is 121 Å². The summed E-state index contributed by atoms with van der Waals surface area (Å²) in [4.78, 5) is 4.08. The van der Waals surface area contributed by atoms with Crippen LogP contribution >= 0.6 is 0 Å². The van der Waals surface area contributed by atoms with Crippen molar-refractivity contribution in [1.29, 1.82) is 0 Å². The van der Waals surface area contributed by atoms with E-state index < -0.39 is 0 Å². The van der Waals surface area contributed by atoms with Crippen molar-refractivity contribution in [3.8, 4) is 17.0 Å². The Hall–Kier alpha value is -2.69. The molecular weight excluding hydrogens is 264 g/mol. The van der Waals surface area contributed by atoms with Crippen molar-refractivity contribution in [1.82, 2.24) is 15.2 Å². The van der Waals surface area contributed by atoms with Crippen LogP contribution < -0.4 is 5.73 Å². The number of hydrogen-bond acceptors (Lipinski definition) is 5. The number of benzene rings is 1. The van der Waals surface area contributed by atoms with Crippen molar-refractivity contribution >= 4 is 16.6 Å². The highest BCUT2D eigenvalue weighted by molar-refractivity contribution is 5.99. The molecule has 0 radical (unpaired) electrons. The molecule has 2 aromatic heterocycles. The van der Waals surface area contributed by atoms with Gasteiger partial charge in [-0.05, 0) is 42.5 Å². The molecule has 0 spiro atoms. The third kappa shape index (κ3) is 1.74. The number of phenols is 1. The number of nitrogen functional groups attached to an aromatic ring is 1. The van der Waals surface area contributed by atoms with E-state index >= 15 is 0 Å². The van der Waals surface area contributed by atoms with Crippen LogP contribution in [0.4, 0.5) is 5.82 Å². The molecule has 4 rings (SSSR count). The number of hydrogen-bond donors (Lipinski definition) is 2. The fourth-order valence-electron chi connectivity index (χ4n) is 3.05. The van der Waals surface area contributed by atoms with Gasteiger partial charge in [-0.1, -0.05) is 6.07 Å². The molecule has 0 atom stereocenters. The number of phenolic OH excluding ortho intramolecular Hbond substituents is 1. The summed E-state index contributed by atoms with van der Waals surface area (Å²) in [5, 5.41) is 20.4. The zero-order valence-corrected chi connectivity index (χ0v) is 11.4. The summed E-state index contributed by atoms with van der Waals surface area (Å²) in [5.74, 6) is 0.671. The number of nitrogens with two attached hydrogens (primary N) is 1. The monoisotopic (exact) mass is 278 g/mol. The van der Waals surface area contributed by atoms with Crippen molar-refractivity contribution in [3.05, 3.63) is 41.7 Å². The first-order valence-corrected chi connectivity index (χ1v) is 6.95. The Kier molecular flexibility index (Phi) is 2.54. The Morgan fingerprint density at radius 2 is 1.95 bits per heavy atom. The van der Waals surface area contributed by atoms with Crippen molar-refractivity contribution < 1.29 is 5.11 Å². The summed E-state index contributed by atoms with van der Waals surface area (Å²) in [7, 11) is 0. The highest BCUT2D eigenvalue weighted by atomic mass is 16.3. The first-order chi connectivity index (χ1) is 10.3. The normalized spacial score (nSPS) is 13.5. The molecule has 0 saturated heterocycles. The number of aromatic hydroxyl groups is 1. The van der Waals surface area contributed by atoms with Gasteiger partial charge in [0.15, 0.2) is 5.82 Å². The summed E-state index contributed by atoms with van der Waals surface area (Å²) >= 11 is 0. The van der Waals surface area contributed by atoms with E-state index in [4.69, 9.17) is 5.73 Å². The smallest absolute Gasteiger partial charge is 0.155 e. The van der Waals surface area contributed by atoms with E-state index in [9.17, 15) is 5.11 Å². The van der Waals surface area contributed by atoms with Crippen molar-refractivity contribution in [2.75, 3.05) is 5.73 Å². The zero-order chi connectivity index (χ0) is 14.4. The van der Waals surface area contributed by atoms with E-state index in [1.807, 2.05) is 12.1 Å². The van der Waals surface area contributed by atoms with E-state index in [1.165, 1.54) is 5.56 Å². The molecule has 0 fully saturated rings. The first-order valence-electron chi connectivity index (χ1n) is 6.95. The summed E-state index contributed by atoms with van der Waals surface area (Å²) in [6.45, 7) is 0. The van der Waals surface area contributed by atoms with Gasteiger partial charge < -0.3 is 10.8 Å². The molecule has 5 nitrogen and oxygen atoms in total. The molecule has 3 N–H and O–H groups in total. The van der Waals surface area contributed by atoms with E-state index in [1.54, 1.807) is 12.4 Å². The standard InChI is InChI=1S/C16H14N4O/c17-16-13-8-18-7-6-11(13)14(19-20-16)12-5-4-9-2-1-3-10(9)15(12)21/h4-8,21H,1-3H2,(H2,17,20). The molecule has 0 unspecified atom stereocenters. The predicted molar refractivity (Wildman–Crippen MR) is 80.9 cm³/mol. The number of aryl methyl sites for hydroxylation is 1. The molecule has 5 heteroatoms. The van der Waals surface area contributed by atoms with Gasteiger partial charge in [0.2, 0.25) is 0 Å².